The smallest absolute Gasteiger partial charge is 0.252 e. The summed E-state index contributed by atoms with van der Waals surface area (Å²) in [5.41, 5.74) is 5.73. The zero-order chi connectivity index (χ0) is 15.5. The van der Waals surface area contributed by atoms with Crippen LogP contribution >= 0.6 is 0 Å². The Bertz CT molecular complexity index is 569. The van der Waals surface area contributed by atoms with E-state index in [1.807, 2.05) is 4.90 Å². The van der Waals surface area contributed by atoms with Crippen LogP contribution in [0.4, 0.5) is 5.82 Å². The maximum atomic E-state index is 12.2. The molecule has 6 nitrogen and oxygen atoms in total. The number of carbonyl (C=O) groups is 2. The van der Waals surface area contributed by atoms with Crippen molar-refractivity contribution in [2.24, 2.45) is 11.7 Å². The molecule has 0 spiro atoms. The number of carbonyl (C=O) groups excluding carboxylic acids is 2. The predicted octanol–water partition coefficient (Wildman–Crippen LogP) is 1.38. The van der Waals surface area contributed by atoms with Crippen LogP contribution in [0.25, 0.3) is 0 Å². The van der Waals surface area contributed by atoms with Gasteiger partial charge < -0.3 is 16.0 Å². The maximum absolute atomic E-state index is 12.2. The summed E-state index contributed by atoms with van der Waals surface area (Å²) in [6.07, 6.45) is 6.93. The molecule has 2 fully saturated rings. The lowest BCUT2D eigenvalue weighted by atomic mass is 10.1. The highest BCUT2D eigenvalue weighted by molar-refractivity contribution is 5.97. The summed E-state index contributed by atoms with van der Waals surface area (Å²) in [5.74, 6) is 0.526. The summed E-state index contributed by atoms with van der Waals surface area (Å²) < 4.78 is 0. The first-order valence-corrected chi connectivity index (χ1v) is 7.93. The summed E-state index contributed by atoms with van der Waals surface area (Å²) in [5, 5.41) is 3.18. The number of hydrogen-bond donors (Lipinski definition) is 2. The van der Waals surface area contributed by atoms with Gasteiger partial charge in [-0.05, 0) is 25.0 Å². The Labute approximate surface area is 130 Å². The molecule has 2 aliphatic rings. The molecule has 0 radical (unpaired) electrons. The van der Waals surface area contributed by atoms with Crippen molar-refractivity contribution in [1.82, 2.24) is 9.88 Å². The first-order chi connectivity index (χ1) is 10.6. The normalized spacial score (nSPS) is 22.3. The largest absolute Gasteiger partial charge is 0.369 e. The second kappa shape index (κ2) is 6.34. The van der Waals surface area contributed by atoms with Crippen LogP contribution in [-0.2, 0) is 4.79 Å². The zero-order valence-corrected chi connectivity index (χ0v) is 12.6. The lowest BCUT2D eigenvalue weighted by molar-refractivity contribution is -0.129. The topological polar surface area (TPSA) is 88.3 Å². The van der Waals surface area contributed by atoms with E-state index in [2.05, 4.69) is 10.3 Å². The van der Waals surface area contributed by atoms with Crippen LogP contribution in [0.2, 0.25) is 0 Å². The molecule has 6 heteroatoms. The fourth-order valence-electron chi connectivity index (χ4n) is 3.50. The summed E-state index contributed by atoms with van der Waals surface area (Å²) in [6, 6.07) is 3.78. The maximum Gasteiger partial charge on any atom is 0.252 e. The van der Waals surface area contributed by atoms with Crippen molar-refractivity contribution in [2.45, 2.75) is 38.1 Å². The van der Waals surface area contributed by atoms with Gasteiger partial charge in [-0.2, -0.15) is 0 Å². The number of nitrogens with one attached hydrogen (secondary N) is 1. The SMILES string of the molecule is NC(=O)c1cccnc1NCC1CC(=O)N(C2CCCC2)C1. The average Bonchev–Trinajstić information content (AvgIpc) is 3.14. The van der Waals surface area contributed by atoms with Gasteiger partial charge in [0.15, 0.2) is 0 Å². The molecule has 1 aliphatic carbocycles. The third kappa shape index (κ3) is 3.05. The monoisotopic (exact) mass is 302 g/mol. The summed E-state index contributed by atoms with van der Waals surface area (Å²) >= 11 is 0. The number of pyridine rings is 1. The van der Waals surface area contributed by atoms with Crippen molar-refractivity contribution in [3.05, 3.63) is 23.9 Å². The molecule has 0 aromatic carbocycles. The number of amides is 2. The van der Waals surface area contributed by atoms with Crippen molar-refractivity contribution in [2.75, 3.05) is 18.4 Å². The fraction of sp³-hybridized carbons (Fsp3) is 0.562. The van der Waals surface area contributed by atoms with Crippen molar-refractivity contribution < 1.29 is 9.59 Å². The molecule has 1 atom stereocenters. The first-order valence-electron chi connectivity index (χ1n) is 7.93. The van der Waals surface area contributed by atoms with Gasteiger partial charge in [-0.3, -0.25) is 9.59 Å². The predicted molar refractivity (Wildman–Crippen MR) is 83.3 cm³/mol. The number of likely N-dealkylation sites (tertiary alicyclic amines) is 1. The van der Waals surface area contributed by atoms with Gasteiger partial charge in [0.25, 0.3) is 5.91 Å². The number of rotatable bonds is 5. The number of nitrogens with zero attached hydrogens (tertiary/aromatic N) is 2. The van der Waals surface area contributed by atoms with Crippen LogP contribution in [-0.4, -0.2) is 40.8 Å². The van der Waals surface area contributed by atoms with Gasteiger partial charge in [0, 0.05) is 37.7 Å². The van der Waals surface area contributed by atoms with E-state index in [1.165, 1.54) is 12.8 Å². The van der Waals surface area contributed by atoms with Gasteiger partial charge in [0.05, 0.1) is 5.56 Å². The van der Waals surface area contributed by atoms with E-state index >= 15 is 0 Å². The number of nitrogens with two attached hydrogens (primary N) is 1. The lowest BCUT2D eigenvalue weighted by Gasteiger charge is -2.24. The second-order valence-corrected chi connectivity index (χ2v) is 6.20. The van der Waals surface area contributed by atoms with E-state index in [4.69, 9.17) is 5.73 Å². The first kappa shape index (κ1) is 14.8. The highest BCUT2D eigenvalue weighted by Gasteiger charge is 2.35. The molecule has 0 bridgehead atoms. The minimum absolute atomic E-state index is 0.259. The van der Waals surface area contributed by atoms with Gasteiger partial charge in [-0.1, -0.05) is 12.8 Å². The van der Waals surface area contributed by atoms with Crippen LogP contribution in [0.3, 0.4) is 0 Å². The molecule has 1 aromatic rings. The quantitative estimate of drug-likeness (QED) is 0.860. The molecular weight excluding hydrogens is 280 g/mol. The Morgan fingerprint density at radius 1 is 1.41 bits per heavy atom. The molecule has 1 aliphatic heterocycles. The third-order valence-corrected chi connectivity index (χ3v) is 4.64. The Kier molecular flexibility index (Phi) is 4.27. The van der Waals surface area contributed by atoms with E-state index in [0.717, 1.165) is 19.4 Å². The van der Waals surface area contributed by atoms with E-state index < -0.39 is 5.91 Å². The van der Waals surface area contributed by atoms with E-state index in [9.17, 15) is 9.59 Å². The number of hydrogen-bond acceptors (Lipinski definition) is 4. The van der Waals surface area contributed by atoms with E-state index in [0.29, 0.717) is 30.4 Å². The zero-order valence-electron chi connectivity index (χ0n) is 12.6. The third-order valence-electron chi connectivity index (χ3n) is 4.64. The van der Waals surface area contributed by atoms with Crippen molar-refractivity contribution in [1.29, 1.82) is 0 Å². The average molecular weight is 302 g/mol. The Morgan fingerprint density at radius 2 is 2.18 bits per heavy atom. The fourth-order valence-corrected chi connectivity index (χ4v) is 3.50. The van der Waals surface area contributed by atoms with Crippen LogP contribution in [0.5, 0.6) is 0 Å². The van der Waals surface area contributed by atoms with Crippen LogP contribution in [0, 0.1) is 5.92 Å². The van der Waals surface area contributed by atoms with Crippen molar-refractivity contribution in [3.8, 4) is 0 Å². The number of primary amides is 1. The molecule has 2 amide bonds. The van der Waals surface area contributed by atoms with Gasteiger partial charge in [0.1, 0.15) is 5.82 Å². The molecule has 3 N–H and O–H groups in total. The van der Waals surface area contributed by atoms with E-state index in [-0.39, 0.29) is 11.8 Å². The molecule has 1 unspecified atom stereocenters. The minimum Gasteiger partial charge on any atom is -0.369 e. The van der Waals surface area contributed by atoms with Gasteiger partial charge in [-0.15, -0.1) is 0 Å². The van der Waals surface area contributed by atoms with E-state index in [1.54, 1.807) is 18.3 Å². The summed E-state index contributed by atoms with van der Waals surface area (Å²) in [6.45, 7) is 1.43. The highest BCUT2D eigenvalue weighted by Crippen LogP contribution is 2.29. The Hall–Kier alpha value is -2.11. The molecule has 1 saturated heterocycles. The molecule has 3 rings (SSSR count). The Morgan fingerprint density at radius 3 is 2.91 bits per heavy atom. The van der Waals surface area contributed by atoms with Gasteiger partial charge in [-0.25, -0.2) is 4.98 Å². The standard InChI is InChI=1S/C16H22N4O2/c17-15(22)13-6-3-7-18-16(13)19-9-11-8-14(21)20(10-11)12-4-1-2-5-12/h3,6-7,11-12H,1-2,4-5,8-10H2,(H2,17,22)(H,18,19). The molecule has 1 saturated carbocycles. The molecule has 22 heavy (non-hydrogen) atoms. The molecule has 1 aromatic heterocycles. The van der Waals surface area contributed by atoms with Gasteiger partial charge >= 0.3 is 0 Å². The highest BCUT2D eigenvalue weighted by atomic mass is 16.2. The second-order valence-electron chi connectivity index (χ2n) is 6.20. The molecular formula is C16H22N4O2. The molecule has 118 valence electrons. The summed E-state index contributed by atoms with van der Waals surface area (Å²) in [4.78, 5) is 29.8. The Balaban J connectivity index is 1.59. The van der Waals surface area contributed by atoms with Crippen molar-refractivity contribution >= 4 is 17.6 Å². The van der Waals surface area contributed by atoms with Crippen LogP contribution < -0.4 is 11.1 Å². The van der Waals surface area contributed by atoms with Crippen LogP contribution in [0.1, 0.15) is 42.5 Å². The van der Waals surface area contributed by atoms with Crippen LogP contribution in [0.15, 0.2) is 18.3 Å². The lowest BCUT2D eigenvalue weighted by Crippen LogP contribution is -2.35. The number of anilines is 1. The number of aromatic nitrogens is 1. The summed E-state index contributed by atoms with van der Waals surface area (Å²) in [7, 11) is 0. The van der Waals surface area contributed by atoms with Gasteiger partial charge in [0.2, 0.25) is 5.91 Å². The van der Waals surface area contributed by atoms with Crippen molar-refractivity contribution in [3.63, 3.8) is 0 Å². The molecule has 2 heterocycles. The minimum atomic E-state index is -0.495.